The molecule has 1 aliphatic heterocycles. The van der Waals surface area contributed by atoms with Gasteiger partial charge in [-0.2, -0.15) is 5.10 Å². The highest BCUT2D eigenvalue weighted by atomic mass is 16.5. The number of likely N-dealkylation sites (tertiary alicyclic amines) is 1. The fourth-order valence-corrected chi connectivity index (χ4v) is 2.89. The number of aromatic amines is 1. The zero-order valence-corrected chi connectivity index (χ0v) is 13.5. The van der Waals surface area contributed by atoms with Gasteiger partial charge in [-0.3, -0.25) is 14.7 Å². The Morgan fingerprint density at radius 1 is 1.41 bits per heavy atom. The predicted octanol–water partition coefficient (Wildman–Crippen LogP) is 0.671. The molecule has 2 aromatic rings. The highest BCUT2D eigenvalue weighted by molar-refractivity contribution is 5.10. The van der Waals surface area contributed by atoms with E-state index in [9.17, 15) is 0 Å². The second-order valence-corrected chi connectivity index (χ2v) is 6.19. The van der Waals surface area contributed by atoms with Gasteiger partial charge in [-0.1, -0.05) is 19.1 Å². The zero-order chi connectivity index (χ0) is 15.7. The van der Waals surface area contributed by atoms with Gasteiger partial charge >= 0.3 is 0 Å². The first-order chi connectivity index (χ1) is 10.6. The van der Waals surface area contributed by atoms with Crippen molar-refractivity contribution < 1.29 is 4.74 Å². The van der Waals surface area contributed by atoms with Gasteiger partial charge in [-0.25, -0.2) is 4.98 Å². The van der Waals surface area contributed by atoms with Crippen LogP contribution in [0, 0.1) is 0 Å². The highest BCUT2D eigenvalue weighted by Gasteiger charge is 2.36. The number of aryl methyl sites for hydroxylation is 1. The SMILES string of the molecule is CO[C@@H]1CN(Cc2nc(C(C)C)n[nH]2)C[C@H]1c1cn(C)nn1. The van der Waals surface area contributed by atoms with E-state index >= 15 is 0 Å². The molecule has 1 aliphatic rings. The zero-order valence-electron chi connectivity index (χ0n) is 13.5. The van der Waals surface area contributed by atoms with Gasteiger partial charge < -0.3 is 4.74 Å². The molecule has 0 aromatic carbocycles. The van der Waals surface area contributed by atoms with Crippen molar-refractivity contribution in [1.29, 1.82) is 0 Å². The highest BCUT2D eigenvalue weighted by Crippen LogP contribution is 2.28. The molecule has 1 N–H and O–H groups in total. The summed E-state index contributed by atoms with van der Waals surface area (Å²) in [6.07, 6.45) is 2.09. The minimum atomic E-state index is 0.129. The van der Waals surface area contributed by atoms with E-state index in [4.69, 9.17) is 4.74 Å². The van der Waals surface area contributed by atoms with Crippen LogP contribution in [0.4, 0.5) is 0 Å². The van der Waals surface area contributed by atoms with Crippen LogP contribution in [-0.4, -0.2) is 61.4 Å². The molecule has 0 unspecified atom stereocenters. The summed E-state index contributed by atoms with van der Waals surface area (Å²) in [5, 5.41) is 15.5. The number of H-pyrrole nitrogens is 1. The van der Waals surface area contributed by atoms with Crippen molar-refractivity contribution in [2.45, 2.75) is 38.3 Å². The van der Waals surface area contributed by atoms with Crippen molar-refractivity contribution in [1.82, 2.24) is 35.1 Å². The maximum Gasteiger partial charge on any atom is 0.153 e. The van der Waals surface area contributed by atoms with Crippen LogP contribution in [0.2, 0.25) is 0 Å². The summed E-state index contributed by atoms with van der Waals surface area (Å²) < 4.78 is 7.37. The van der Waals surface area contributed by atoms with Gasteiger partial charge in [0.05, 0.1) is 18.3 Å². The number of nitrogens with one attached hydrogen (secondary N) is 1. The number of hydrogen-bond acceptors (Lipinski definition) is 6. The summed E-state index contributed by atoms with van der Waals surface area (Å²) in [5.74, 6) is 2.34. The molecule has 22 heavy (non-hydrogen) atoms. The molecule has 2 atom stereocenters. The van der Waals surface area contributed by atoms with Crippen LogP contribution in [0.1, 0.15) is 43.0 Å². The molecule has 0 bridgehead atoms. The third kappa shape index (κ3) is 3.02. The standard InChI is InChI=1S/C14H23N7O/c1-9(2)14-15-13(17-18-14)8-21-5-10(12(7-21)22-4)11-6-20(3)19-16-11/h6,9-10,12H,5,7-8H2,1-4H3,(H,15,17,18)/t10-,12+/m0/s1. The lowest BCUT2D eigenvalue weighted by Gasteiger charge is -2.13. The maximum absolute atomic E-state index is 5.63. The quantitative estimate of drug-likeness (QED) is 0.874. The van der Waals surface area contributed by atoms with E-state index < -0.39 is 0 Å². The van der Waals surface area contributed by atoms with E-state index in [2.05, 4.69) is 44.2 Å². The van der Waals surface area contributed by atoms with Crippen LogP contribution in [0.3, 0.4) is 0 Å². The van der Waals surface area contributed by atoms with Crippen LogP contribution in [0.25, 0.3) is 0 Å². The van der Waals surface area contributed by atoms with E-state index in [0.717, 1.165) is 37.0 Å². The topological polar surface area (TPSA) is 84.8 Å². The Morgan fingerprint density at radius 3 is 2.82 bits per heavy atom. The average molecular weight is 305 g/mol. The fraction of sp³-hybridized carbons (Fsp3) is 0.714. The van der Waals surface area contributed by atoms with Crippen molar-refractivity contribution in [2.75, 3.05) is 20.2 Å². The Bertz CT molecular complexity index is 620. The maximum atomic E-state index is 5.63. The van der Waals surface area contributed by atoms with Crippen LogP contribution >= 0.6 is 0 Å². The third-order valence-corrected chi connectivity index (χ3v) is 4.08. The smallest absolute Gasteiger partial charge is 0.153 e. The molecule has 8 nitrogen and oxygen atoms in total. The molecule has 0 spiro atoms. The van der Waals surface area contributed by atoms with E-state index in [0.29, 0.717) is 5.92 Å². The first-order valence-electron chi connectivity index (χ1n) is 7.59. The van der Waals surface area contributed by atoms with Crippen molar-refractivity contribution in [3.05, 3.63) is 23.5 Å². The summed E-state index contributed by atoms with van der Waals surface area (Å²) in [4.78, 5) is 6.86. The van der Waals surface area contributed by atoms with E-state index in [1.807, 2.05) is 13.2 Å². The molecule has 120 valence electrons. The normalized spacial score (nSPS) is 22.8. The lowest BCUT2D eigenvalue weighted by atomic mass is 10.0. The van der Waals surface area contributed by atoms with Gasteiger partial charge in [0.25, 0.3) is 0 Å². The number of rotatable bonds is 5. The number of methoxy groups -OCH3 is 1. The van der Waals surface area contributed by atoms with Crippen molar-refractivity contribution in [3.8, 4) is 0 Å². The summed E-state index contributed by atoms with van der Waals surface area (Å²) >= 11 is 0. The van der Waals surface area contributed by atoms with Gasteiger partial charge in [0.1, 0.15) is 5.82 Å². The van der Waals surface area contributed by atoms with Gasteiger partial charge in [-0.15, -0.1) is 5.10 Å². The summed E-state index contributed by atoms with van der Waals surface area (Å²) in [6, 6.07) is 0. The van der Waals surface area contributed by atoms with Crippen molar-refractivity contribution in [2.24, 2.45) is 7.05 Å². The van der Waals surface area contributed by atoms with Gasteiger partial charge in [0.2, 0.25) is 0 Å². The molecule has 0 saturated carbocycles. The first-order valence-corrected chi connectivity index (χ1v) is 7.59. The predicted molar refractivity (Wildman–Crippen MR) is 80.3 cm³/mol. The lowest BCUT2D eigenvalue weighted by Crippen LogP contribution is -2.23. The molecule has 2 aromatic heterocycles. The number of aromatic nitrogens is 6. The minimum Gasteiger partial charge on any atom is -0.379 e. The number of nitrogens with zero attached hydrogens (tertiary/aromatic N) is 6. The Kier molecular flexibility index (Phi) is 4.21. The Morgan fingerprint density at radius 2 is 2.23 bits per heavy atom. The Balaban J connectivity index is 1.68. The number of hydrogen-bond donors (Lipinski definition) is 1. The summed E-state index contributed by atoms with van der Waals surface area (Å²) in [5.41, 5.74) is 0.984. The van der Waals surface area contributed by atoms with E-state index in [1.54, 1.807) is 11.8 Å². The second-order valence-electron chi connectivity index (χ2n) is 6.19. The molecule has 0 radical (unpaired) electrons. The van der Waals surface area contributed by atoms with E-state index in [1.165, 1.54) is 0 Å². The van der Waals surface area contributed by atoms with E-state index in [-0.39, 0.29) is 12.0 Å². The van der Waals surface area contributed by atoms with Crippen LogP contribution in [-0.2, 0) is 18.3 Å². The summed E-state index contributed by atoms with van der Waals surface area (Å²) in [6.45, 7) is 6.67. The monoisotopic (exact) mass is 305 g/mol. The molecule has 0 amide bonds. The number of ether oxygens (including phenoxy) is 1. The largest absolute Gasteiger partial charge is 0.379 e. The van der Waals surface area contributed by atoms with Crippen LogP contribution in [0.5, 0.6) is 0 Å². The van der Waals surface area contributed by atoms with Crippen molar-refractivity contribution >= 4 is 0 Å². The third-order valence-electron chi connectivity index (χ3n) is 4.08. The molecule has 3 rings (SSSR count). The molecular formula is C14H23N7O. The van der Waals surface area contributed by atoms with Crippen LogP contribution in [0.15, 0.2) is 6.20 Å². The van der Waals surface area contributed by atoms with Gasteiger partial charge in [-0.05, 0) is 0 Å². The molecule has 1 saturated heterocycles. The van der Waals surface area contributed by atoms with Crippen molar-refractivity contribution in [3.63, 3.8) is 0 Å². The second kappa shape index (κ2) is 6.13. The van der Waals surface area contributed by atoms with Gasteiger partial charge in [0.15, 0.2) is 5.82 Å². The molecule has 1 fully saturated rings. The fourth-order valence-electron chi connectivity index (χ4n) is 2.89. The summed E-state index contributed by atoms with van der Waals surface area (Å²) in [7, 11) is 3.63. The molecule has 3 heterocycles. The average Bonchev–Trinajstić information content (AvgIpc) is 3.18. The molecule has 8 heteroatoms. The van der Waals surface area contributed by atoms with Gasteiger partial charge in [0, 0.05) is 45.3 Å². The first kappa shape index (κ1) is 15.1. The Hall–Kier alpha value is -1.80. The lowest BCUT2D eigenvalue weighted by molar-refractivity contribution is 0.0955. The Labute approximate surface area is 129 Å². The minimum absolute atomic E-state index is 0.129. The molecule has 0 aliphatic carbocycles. The molecular weight excluding hydrogens is 282 g/mol. The van der Waals surface area contributed by atoms with Crippen LogP contribution < -0.4 is 0 Å².